The molecule has 0 fully saturated rings. The maximum absolute atomic E-state index is 9.56. The zero-order chi connectivity index (χ0) is 27.2. The van der Waals surface area contributed by atoms with Crippen molar-refractivity contribution in [3.05, 3.63) is 131 Å². The largest absolute Gasteiger partial charge is 0.497 e. The van der Waals surface area contributed by atoms with Crippen LogP contribution >= 0.6 is 0 Å². The lowest BCUT2D eigenvalue weighted by molar-refractivity contribution is 0.415. The van der Waals surface area contributed by atoms with Gasteiger partial charge in [0.05, 0.1) is 47.7 Å². The number of nitriles is 3. The summed E-state index contributed by atoms with van der Waals surface area (Å²) in [4.78, 5) is 2.21. The number of methoxy groups -OCH3 is 1. The van der Waals surface area contributed by atoms with Gasteiger partial charge < -0.3 is 9.64 Å². The van der Waals surface area contributed by atoms with Crippen molar-refractivity contribution in [2.24, 2.45) is 0 Å². The highest BCUT2D eigenvalue weighted by Gasteiger charge is 2.15. The van der Waals surface area contributed by atoms with E-state index >= 15 is 0 Å². The van der Waals surface area contributed by atoms with Crippen LogP contribution in [0.5, 0.6) is 5.75 Å². The second kappa shape index (κ2) is 11.1. The number of hydrogen-bond donors (Lipinski definition) is 0. The van der Waals surface area contributed by atoms with Crippen LogP contribution in [0.25, 0.3) is 22.9 Å². The van der Waals surface area contributed by atoms with E-state index in [1.807, 2.05) is 72.8 Å². The summed E-state index contributed by atoms with van der Waals surface area (Å²) in [6.45, 7) is 0. The molecule has 5 nitrogen and oxygen atoms in total. The summed E-state index contributed by atoms with van der Waals surface area (Å²) in [6.07, 6.45) is 3.61. The van der Waals surface area contributed by atoms with E-state index in [-0.39, 0.29) is 5.56 Å². The monoisotopic (exact) mass is 502 g/mol. The molecule has 0 bridgehead atoms. The van der Waals surface area contributed by atoms with Crippen LogP contribution in [0.2, 0.25) is 0 Å². The number of nitrogens with zero attached hydrogens (tertiary/aromatic N) is 4. The molecule has 0 N–H and O–H groups in total. The van der Waals surface area contributed by atoms with Gasteiger partial charge >= 0.3 is 0 Å². The van der Waals surface area contributed by atoms with Crippen molar-refractivity contribution in [2.75, 3.05) is 12.0 Å². The van der Waals surface area contributed by atoms with Crippen molar-refractivity contribution < 1.29 is 4.74 Å². The predicted molar refractivity (Wildman–Crippen MR) is 155 cm³/mol. The molecular formula is C34H22N4O. The van der Waals surface area contributed by atoms with Crippen molar-refractivity contribution in [3.63, 3.8) is 0 Å². The number of rotatable bonds is 6. The smallest absolute Gasteiger partial charge is 0.119 e. The Morgan fingerprint density at radius 1 is 0.667 bits per heavy atom. The Labute approximate surface area is 227 Å². The summed E-state index contributed by atoms with van der Waals surface area (Å²) in [6, 6.07) is 39.8. The zero-order valence-electron chi connectivity index (χ0n) is 21.2. The van der Waals surface area contributed by atoms with Gasteiger partial charge in [0.2, 0.25) is 0 Å². The topological polar surface area (TPSA) is 83.8 Å². The average Bonchev–Trinajstić information content (AvgIpc) is 3.00. The van der Waals surface area contributed by atoms with Crippen molar-refractivity contribution in [1.29, 1.82) is 15.8 Å². The van der Waals surface area contributed by atoms with E-state index in [0.29, 0.717) is 16.7 Å². The molecule has 0 unspecified atom stereocenters. The molecule has 5 aromatic carbocycles. The molecule has 0 aliphatic heterocycles. The van der Waals surface area contributed by atoms with Crippen LogP contribution in [0, 0.1) is 34.0 Å². The van der Waals surface area contributed by atoms with Crippen LogP contribution < -0.4 is 9.64 Å². The van der Waals surface area contributed by atoms with Gasteiger partial charge in [0.25, 0.3) is 0 Å². The number of hydrogen-bond acceptors (Lipinski definition) is 5. The molecule has 0 saturated carbocycles. The Kier molecular flexibility index (Phi) is 7.04. The van der Waals surface area contributed by atoms with E-state index in [1.165, 1.54) is 12.1 Å². The van der Waals surface area contributed by atoms with Gasteiger partial charge in [-0.3, -0.25) is 0 Å². The number of anilines is 3. The minimum Gasteiger partial charge on any atom is -0.497 e. The highest BCUT2D eigenvalue weighted by atomic mass is 16.5. The quantitative estimate of drug-likeness (QED) is 0.219. The fraction of sp³-hybridized carbons (Fsp3) is 0.0294. The summed E-state index contributed by atoms with van der Waals surface area (Å²) in [5.74, 6) is 0.786. The molecule has 0 radical (unpaired) electrons. The van der Waals surface area contributed by atoms with Gasteiger partial charge in [0.15, 0.2) is 0 Å². The molecule has 184 valence electrons. The van der Waals surface area contributed by atoms with Gasteiger partial charge in [-0.1, -0.05) is 60.7 Å². The van der Waals surface area contributed by atoms with Gasteiger partial charge in [-0.2, -0.15) is 15.8 Å². The summed E-state index contributed by atoms with van der Waals surface area (Å²) in [5, 5.41) is 30.6. The lowest BCUT2D eigenvalue weighted by atomic mass is 9.98. The minimum atomic E-state index is 0.289. The van der Waals surface area contributed by atoms with Crippen LogP contribution in [-0.2, 0) is 0 Å². The second-order valence-electron chi connectivity index (χ2n) is 8.78. The maximum atomic E-state index is 9.56. The number of fused-ring (bicyclic) bond motifs is 1. The first-order valence-corrected chi connectivity index (χ1v) is 12.2. The molecule has 0 spiro atoms. The third-order valence-corrected chi connectivity index (χ3v) is 6.48. The fourth-order valence-electron chi connectivity index (χ4n) is 4.56. The van der Waals surface area contributed by atoms with Crippen LogP contribution in [0.1, 0.15) is 27.8 Å². The van der Waals surface area contributed by atoms with Gasteiger partial charge in [0.1, 0.15) is 5.75 Å². The predicted octanol–water partition coefficient (Wildman–Crippen LogP) is 8.10. The zero-order valence-corrected chi connectivity index (χ0v) is 21.2. The third-order valence-electron chi connectivity index (χ3n) is 6.48. The van der Waals surface area contributed by atoms with E-state index in [0.717, 1.165) is 39.1 Å². The minimum absolute atomic E-state index is 0.289. The maximum Gasteiger partial charge on any atom is 0.119 e. The molecule has 39 heavy (non-hydrogen) atoms. The fourth-order valence-corrected chi connectivity index (χ4v) is 4.56. The normalized spacial score (nSPS) is 10.5. The Hall–Kier alpha value is -5.83. The molecule has 0 aliphatic carbocycles. The van der Waals surface area contributed by atoms with Crippen molar-refractivity contribution in [1.82, 2.24) is 0 Å². The molecule has 0 atom stereocenters. The van der Waals surface area contributed by atoms with E-state index in [1.54, 1.807) is 13.2 Å². The standard InChI is InChI=1S/C34H22N4O/c1-39-31-16-14-30(15-17-31)38(34-8-4-6-26-5-2-3-7-33(26)34)29-12-9-24(10-13-29)11-18-32-27(22-36)19-25(21-35)20-28(32)23-37/h2-20H,1H3/b18-11-. The highest BCUT2D eigenvalue weighted by molar-refractivity contribution is 5.99. The van der Waals surface area contributed by atoms with Gasteiger partial charge in [-0.05, 0) is 65.5 Å². The van der Waals surface area contributed by atoms with Gasteiger partial charge in [-0.15, -0.1) is 0 Å². The molecule has 5 aromatic rings. The Morgan fingerprint density at radius 2 is 1.28 bits per heavy atom. The van der Waals surface area contributed by atoms with Crippen molar-refractivity contribution in [2.45, 2.75) is 0 Å². The summed E-state index contributed by atoms with van der Waals surface area (Å²) >= 11 is 0. The van der Waals surface area contributed by atoms with Gasteiger partial charge in [-0.25, -0.2) is 0 Å². The van der Waals surface area contributed by atoms with Crippen LogP contribution in [0.15, 0.2) is 103 Å². The van der Waals surface area contributed by atoms with Crippen LogP contribution in [-0.4, -0.2) is 7.11 Å². The summed E-state index contributed by atoms with van der Waals surface area (Å²) in [7, 11) is 1.65. The summed E-state index contributed by atoms with van der Waals surface area (Å²) in [5.41, 5.74) is 5.29. The van der Waals surface area contributed by atoms with E-state index < -0.39 is 0 Å². The lowest BCUT2D eigenvalue weighted by Gasteiger charge is -2.27. The summed E-state index contributed by atoms with van der Waals surface area (Å²) < 4.78 is 5.37. The number of benzene rings is 5. The second-order valence-corrected chi connectivity index (χ2v) is 8.78. The van der Waals surface area contributed by atoms with Gasteiger partial charge in [0, 0.05) is 22.3 Å². The van der Waals surface area contributed by atoms with Crippen LogP contribution in [0.3, 0.4) is 0 Å². The molecular weight excluding hydrogens is 480 g/mol. The molecule has 5 heteroatoms. The van der Waals surface area contributed by atoms with E-state index in [4.69, 9.17) is 4.74 Å². The highest BCUT2D eigenvalue weighted by Crippen LogP contribution is 2.39. The van der Waals surface area contributed by atoms with Crippen molar-refractivity contribution >= 4 is 40.0 Å². The molecule has 0 amide bonds. The first-order chi connectivity index (χ1) is 19.1. The Bertz CT molecular complexity index is 1780. The Morgan fingerprint density at radius 3 is 1.90 bits per heavy atom. The number of ether oxygens (including phenoxy) is 1. The third kappa shape index (κ3) is 5.05. The first-order valence-electron chi connectivity index (χ1n) is 12.2. The van der Waals surface area contributed by atoms with E-state index in [2.05, 4.69) is 47.4 Å². The Balaban J connectivity index is 1.55. The van der Waals surface area contributed by atoms with Crippen molar-refractivity contribution in [3.8, 4) is 24.0 Å². The van der Waals surface area contributed by atoms with E-state index in [9.17, 15) is 15.8 Å². The lowest BCUT2D eigenvalue weighted by Crippen LogP contribution is -2.10. The molecule has 0 heterocycles. The molecule has 5 rings (SSSR count). The average molecular weight is 503 g/mol. The molecule has 0 saturated heterocycles. The molecule has 0 aliphatic rings. The van der Waals surface area contributed by atoms with Crippen LogP contribution in [0.4, 0.5) is 17.1 Å². The SMILES string of the molecule is COc1ccc(N(c2ccc(/C=C\c3c(C#N)cc(C#N)cc3C#N)cc2)c2cccc3ccccc23)cc1. The first kappa shape index (κ1) is 24.8. The molecule has 0 aromatic heterocycles.